The second kappa shape index (κ2) is 4.57. The van der Waals surface area contributed by atoms with Crippen LogP contribution in [0.3, 0.4) is 0 Å². The molecule has 0 radical (unpaired) electrons. The zero-order valence-corrected chi connectivity index (χ0v) is 11.6. The summed E-state index contributed by atoms with van der Waals surface area (Å²) in [7, 11) is 0. The van der Waals surface area contributed by atoms with Crippen LogP contribution in [0.4, 0.5) is 8.78 Å². The van der Waals surface area contributed by atoms with Gasteiger partial charge in [0.15, 0.2) is 11.6 Å². The Hall–Kier alpha value is -0.480. The smallest absolute Gasteiger partial charge is 0.173 e. The van der Waals surface area contributed by atoms with Gasteiger partial charge in [-0.05, 0) is 64.6 Å². The van der Waals surface area contributed by atoms with E-state index in [0.717, 1.165) is 12.3 Å². The maximum Gasteiger partial charge on any atom is 0.173 e. The molecule has 2 aliphatic rings. The second-order valence-corrected chi connectivity index (χ2v) is 6.42. The summed E-state index contributed by atoms with van der Waals surface area (Å²) in [6.07, 6.45) is 4.95. The Morgan fingerprint density at radius 1 is 1.22 bits per heavy atom. The van der Waals surface area contributed by atoms with Gasteiger partial charge in [-0.15, -0.1) is 0 Å². The molecule has 4 heteroatoms. The summed E-state index contributed by atoms with van der Waals surface area (Å²) in [5.41, 5.74) is 6.99. The van der Waals surface area contributed by atoms with Crippen LogP contribution in [0, 0.1) is 29.4 Å². The van der Waals surface area contributed by atoms with Crippen LogP contribution < -0.4 is 5.73 Å². The maximum atomic E-state index is 13.5. The van der Waals surface area contributed by atoms with Crippen molar-refractivity contribution in [1.82, 2.24) is 0 Å². The van der Waals surface area contributed by atoms with Crippen LogP contribution in [0.5, 0.6) is 0 Å². The monoisotopic (exact) mass is 315 g/mol. The van der Waals surface area contributed by atoms with Gasteiger partial charge in [-0.3, -0.25) is 0 Å². The summed E-state index contributed by atoms with van der Waals surface area (Å²) in [5, 5.41) is 0. The lowest BCUT2D eigenvalue weighted by molar-refractivity contribution is 0.283. The van der Waals surface area contributed by atoms with E-state index >= 15 is 0 Å². The Labute approximate surface area is 114 Å². The minimum atomic E-state index is -0.828. The van der Waals surface area contributed by atoms with E-state index in [9.17, 15) is 8.78 Å². The van der Waals surface area contributed by atoms with E-state index in [1.807, 2.05) is 0 Å². The molecule has 2 bridgehead atoms. The van der Waals surface area contributed by atoms with Crippen LogP contribution in [0.2, 0.25) is 0 Å². The van der Waals surface area contributed by atoms with Gasteiger partial charge in [0.25, 0.3) is 0 Å². The summed E-state index contributed by atoms with van der Waals surface area (Å²) in [6, 6.07) is 2.59. The predicted octanol–water partition coefficient (Wildman–Crippen LogP) is 4.16. The maximum absolute atomic E-state index is 13.5. The topological polar surface area (TPSA) is 26.0 Å². The Kier molecular flexibility index (Phi) is 3.18. The highest BCUT2D eigenvalue weighted by atomic mass is 79.9. The Morgan fingerprint density at radius 3 is 2.61 bits per heavy atom. The van der Waals surface area contributed by atoms with Gasteiger partial charge in [0.1, 0.15) is 0 Å². The van der Waals surface area contributed by atoms with Gasteiger partial charge in [-0.1, -0.05) is 12.5 Å². The standard InChI is InChI=1S/C14H16BrF2N/c15-12-9(3-4-11(16)13(12)17)14(18)10-6-7-1-2-8(10)5-7/h3-4,7-8,10,14H,1-2,5-6,18H2. The molecule has 0 saturated heterocycles. The summed E-state index contributed by atoms with van der Waals surface area (Å²) in [4.78, 5) is 0. The van der Waals surface area contributed by atoms with E-state index in [-0.39, 0.29) is 10.5 Å². The fraction of sp³-hybridized carbons (Fsp3) is 0.571. The number of halogens is 3. The lowest BCUT2D eigenvalue weighted by Crippen LogP contribution is -2.26. The first kappa shape index (κ1) is 12.5. The number of hydrogen-bond donors (Lipinski definition) is 1. The average molecular weight is 316 g/mol. The molecule has 2 fully saturated rings. The molecule has 3 rings (SSSR count). The highest BCUT2D eigenvalue weighted by Crippen LogP contribution is 2.52. The zero-order chi connectivity index (χ0) is 12.9. The van der Waals surface area contributed by atoms with Gasteiger partial charge in [0.2, 0.25) is 0 Å². The van der Waals surface area contributed by atoms with Crippen LogP contribution in [-0.2, 0) is 0 Å². The van der Waals surface area contributed by atoms with E-state index < -0.39 is 11.6 Å². The van der Waals surface area contributed by atoms with Crippen molar-refractivity contribution in [2.24, 2.45) is 23.5 Å². The largest absolute Gasteiger partial charge is 0.324 e. The molecule has 1 aromatic rings. The number of fused-ring (bicyclic) bond motifs is 2. The molecule has 0 aromatic heterocycles. The number of nitrogens with two attached hydrogens (primary N) is 1. The van der Waals surface area contributed by atoms with Gasteiger partial charge in [-0.25, -0.2) is 8.78 Å². The molecular weight excluding hydrogens is 300 g/mol. The van der Waals surface area contributed by atoms with Crippen LogP contribution in [0.25, 0.3) is 0 Å². The SMILES string of the molecule is NC(c1ccc(F)c(F)c1Br)C1CC2CCC1C2. The van der Waals surface area contributed by atoms with Crippen molar-refractivity contribution in [1.29, 1.82) is 0 Å². The van der Waals surface area contributed by atoms with Crippen molar-refractivity contribution in [3.05, 3.63) is 33.8 Å². The van der Waals surface area contributed by atoms with E-state index in [2.05, 4.69) is 15.9 Å². The van der Waals surface area contributed by atoms with Gasteiger partial charge in [0.05, 0.1) is 4.47 Å². The number of rotatable bonds is 2. The van der Waals surface area contributed by atoms with Crippen molar-refractivity contribution < 1.29 is 8.78 Å². The van der Waals surface area contributed by atoms with Crippen molar-refractivity contribution >= 4 is 15.9 Å². The summed E-state index contributed by atoms with van der Waals surface area (Å²) in [6.45, 7) is 0. The molecular formula is C14H16BrF2N. The molecule has 0 spiro atoms. The Morgan fingerprint density at radius 2 is 2.00 bits per heavy atom. The fourth-order valence-corrected chi connectivity index (χ4v) is 4.35. The lowest BCUT2D eigenvalue weighted by Gasteiger charge is -2.28. The molecule has 18 heavy (non-hydrogen) atoms. The zero-order valence-electron chi connectivity index (χ0n) is 10.0. The molecule has 1 nitrogen and oxygen atoms in total. The normalized spacial score (nSPS) is 31.9. The minimum absolute atomic E-state index is 0.190. The number of hydrogen-bond acceptors (Lipinski definition) is 1. The molecule has 2 aliphatic carbocycles. The third kappa shape index (κ3) is 1.90. The third-order valence-corrected chi connectivity index (χ3v) is 5.48. The molecule has 2 N–H and O–H groups in total. The van der Waals surface area contributed by atoms with Crippen LogP contribution in [-0.4, -0.2) is 0 Å². The average Bonchev–Trinajstić information content (AvgIpc) is 2.97. The minimum Gasteiger partial charge on any atom is -0.324 e. The fourth-order valence-electron chi connectivity index (χ4n) is 3.76. The summed E-state index contributed by atoms with van der Waals surface area (Å²) >= 11 is 3.14. The molecule has 0 heterocycles. The van der Waals surface area contributed by atoms with E-state index in [1.54, 1.807) is 6.07 Å². The molecule has 0 amide bonds. The first-order chi connectivity index (χ1) is 8.58. The van der Waals surface area contributed by atoms with E-state index in [4.69, 9.17) is 5.73 Å². The molecule has 98 valence electrons. The van der Waals surface area contributed by atoms with Crippen molar-refractivity contribution in [2.45, 2.75) is 31.7 Å². The quantitative estimate of drug-likeness (QED) is 0.815. The number of benzene rings is 1. The second-order valence-electron chi connectivity index (χ2n) is 5.63. The summed E-state index contributed by atoms with van der Waals surface area (Å²) in [5.74, 6) is 0.238. The summed E-state index contributed by atoms with van der Waals surface area (Å²) < 4.78 is 26.8. The molecule has 0 aliphatic heterocycles. The molecule has 4 unspecified atom stereocenters. The molecule has 1 aromatic carbocycles. The van der Waals surface area contributed by atoms with Crippen molar-refractivity contribution in [3.63, 3.8) is 0 Å². The van der Waals surface area contributed by atoms with Crippen molar-refractivity contribution in [2.75, 3.05) is 0 Å². The van der Waals surface area contributed by atoms with Gasteiger partial charge in [-0.2, -0.15) is 0 Å². The lowest BCUT2D eigenvalue weighted by atomic mass is 9.81. The van der Waals surface area contributed by atoms with Gasteiger partial charge >= 0.3 is 0 Å². The van der Waals surface area contributed by atoms with E-state index in [1.165, 1.54) is 25.3 Å². The molecule has 4 atom stereocenters. The van der Waals surface area contributed by atoms with Crippen molar-refractivity contribution in [3.8, 4) is 0 Å². The predicted molar refractivity (Wildman–Crippen MR) is 69.9 cm³/mol. The highest BCUT2D eigenvalue weighted by Gasteiger charge is 2.42. The third-order valence-electron chi connectivity index (χ3n) is 4.68. The van der Waals surface area contributed by atoms with Gasteiger partial charge in [0, 0.05) is 6.04 Å². The van der Waals surface area contributed by atoms with Crippen LogP contribution in [0.1, 0.15) is 37.3 Å². The first-order valence-electron chi connectivity index (χ1n) is 6.47. The van der Waals surface area contributed by atoms with E-state index in [0.29, 0.717) is 17.4 Å². The Balaban J connectivity index is 1.89. The first-order valence-corrected chi connectivity index (χ1v) is 7.26. The van der Waals surface area contributed by atoms with Crippen LogP contribution >= 0.6 is 15.9 Å². The highest BCUT2D eigenvalue weighted by molar-refractivity contribution is 9.10. The van der Waals surface area contributed by atoms with Crippen LogP contribution in [0.15, 0.2) is 16.6 Å². The molecule has 2 saturated carbocycles. The Bertz CT molecular complexity index is 477. The van der Waals surface area contributed by atoms with Gasteiger partial charge < -0.3 is 5.73 Å².